The zero-order valence-electron chi connectivity index (χ0n) is 7.85. The number of aryl methyl sites for hydroxylation is 1. The van der Waals surface area contributed by atoms with E-state index in [9.17, 15) is 5.11 Å². The van der Waals surface area contributed by atoms with Crippen LogP contribution in [-0.2, 0) is 6.54 Å². The van der Waals surface area contributed by atoms with E-state index in [4.69, 9.17) is 5.11 Å². The number of rotatable bonds is 3. The molecule has 0 fully saturated rings. The van der Waals surface area contributed by atoms with E-state index in [0.29, 0.717) is 0 Å². The number of aliphatic hydroxyl groups is 1. The van der Waals surface area contributed by atoms with Gasteiger partial charge in [0.25, 0.3) is 0 Å². The summed E-state index contributed by atoms with van der Waals surface area (Å²) in [5, 5.41) is 19.0. The van der Waals surface area contributed by atoms with E-state index in [-0.39, 0.29) is 12.4 Å². The van der Waals surface area contributed by atoms with Crippen LogP contribution in [0.2, 0.25) is 0 Å². The quantitative estimate of drug-likeness (QED) is 0.776. The molecule has 74 valence electrons. The molecule has 3 nitrogen and oxygen atoms in total. The third-order valence-corrected chi connectivity index (χ3v) is 2.31. The molecule has 0 amide bonds. The summed E-state index contributed by atoms with van der Waals surface area (Å²) in [6.07, 6.45) is 2.73. The number of phenolic OH excluding ortho intramolecular Hbond substituents is 1. The predicted molar refractivity (Wildman–Crippen MR) is 55.3 cm³/mol. The van der Waals surface area contributed by atoms with Crippen molar-refractivity contribution < 1.29 is 10.2 Å². The molecule has 3 heteroatoms. The maximum Gasteiger partial charge on any atom is 0.116 e. The molecule has 1 aromatic heterocycles. The molecule has 0 aliphatic carbocycles. The van der Waals surface area contributed by atoms with Crippen LogP contribution < -0.4 is 0 Å². The van der Waals surface area contributed by atoms with Gasteiger partial charge in [0.1, 0.15) is 5.75 Å². The minimum absolute atomic E-state index is 0.206. The number of aliphatic hydroxyl groups excluding tert-OH is 1. The maximum absolute atomic E-state index is 9.27. The van der Waals surface area contributed by atoms with Gasteiger partial charge in [-0.25, -0.2) is 0 Å². The number of nitrogens with zero attached hydrogens (tertiary/aromatic N) is 1. The molecular weight excluding hydrogens is 178 g/mol. The lowest BCUT2D eigenvalue weighted by atomic mass is 10.2. The van der Waals surface area contributed by atoms with Crippen molar-refractivity contribution in [3.8, 4) is 5.75 Å². The molecule has 2 aromatic rings. The third-order valence-electron chi connectivity index (χ3n) is 2.31. The van der Waals surface area contributed by atoms with Gasteiger partial charge in [-0.2, -0.15) is 0 Å². The molecule has 1 heterocycles. The normalized spacial score (nSPS) is 10.9. The second-order valence-corrected chi connectivity index (χ2v) is 3.33. The van der Waals surface area contributed by atoms with E-state index in [0.717, 1.165) is 23.9 Å². The lowest BCUT2D eigenvalue weighted by Crippen LogP contribution is -1.97. The fourth-order valence-electron chi connectivity index (χ4n) is 1.62. The van der Waals surface area contributed by atoms with Gasteiger partial charge >= 0.3 is 0 Å². The van der Waals surface area contributed by atoms with Gasteiger partial charge in [-0.1, -0.05) is 0 Å². The number of fused-ring (bicyclic) bond motifs is 1. The molecule has 2 rings (SSSR count). The summed E-state index contributed by atoms with van der Waals surface area (Å²) in [6.45, 7) is 1.02. The summed E-state index contributed by atoms with van der Waals surface area (Å²) < 4.78 is 2.07. The van der Waals surface area contributed by atoms with Crippen LogP contribution in [0.25, 0.3) is 10.9 Å². The smallest absolute Gasteiger partial charge is 0.116 e. The van der Waals surface area contributed by atoms with E-state index in [1.54, 1.807) is 12.1 Å². The molecule has 0 spiro atoms. The number of aromatic nitrogens is 1. The van der Waals surface area contributed by atoms with E-state index >= 15 is 0 Å². The fraction of sp³-hybridized carbons (Fsp3) is 0.273. The highest BCUT2D eigenvalue weighted by molar-refractivity contribution is 5.81. The first kappa shape index (κ1) is 9.09. The van der Waals surface area contributed by atoms with Crippen molar-refractivity contribution in [2.75, 3.05) is 6.61 Å². The largest absolute Gasteiger partial charge is 0.508 e. The van der Waals surface area contributed by atoms with E-state index in [2.05, 4.69) is 4.57 Å². The van der Waals surface area contributed by atoms with Crippen LogP contribution in [0.5, 0.6) is 5.75 Å². The molecule has 1 aromatic carbocycles. The van der Waals surface area contributed by atoms with Gasteiger partial charge in [0.15, 0.2) is 0 Å². The Morgan fingerprint density at radius 1 is 1.21 bits per heavy atom. The van der Waals surface area contributed by atoms with Crippen molar-refractivity contribution >= 4 is 10.9 Å². The molecule has 0 bridgehead atoms. The number of phenols is 1. The Morgan fingerprint density at radius 3 is 2.86 bits per heavy atom. The highest BCUT2D eigenvalue weighted by Gasteiger charge is 2.00. The highest BCUT2D eigenvalue weighted by Crippen LogP contribution is 2.20. The third kappa shape index (κ3) is 1.59. The molecule has 0 saturated heterocycles. The minimum Gasteiger partial charge on any atom is -0.508 e. The Morgan fingerprint density at radius 2 is 2.07 bits per heavy atom. The van der Waals surface area contributed by atoms with Crippen LogP contribution >= 0.6 is 0 Å². The van der Waals surface area contributed by atoms with Crippen LogP contribution in [0.4, 0.5) is 0 Å². The first-order chi connectivity index (χ1) is 6.81. The predicted octanol–water partition coefficient (Wildman–Crippen LogP) is 1.73. The first-order valence-corrected chi connectivity index (χ1v) is 4.70. The molecule has 0 atom stereocenters. The molecule has 14 heavy (non-hydrogen) atoms. The maximum atomic E-state index is 9.27. The average Bonchev–Trinajstić information content (AvgIpc) is 2.57. The Bertz CT molecular complexity index is 434. The second kappa shape index (κ2) is 3.72. The van der Waals surface area contributed by atoms with E-state index < -0.39 is 0 Å². The highest BCUT2D eigenvalue weighted by atomic mass is 16.3. The standard InChI is InChI=1S/C11H13NO2/c13-7-1-5-12-6-4-9-8-10(14)2-3-11(9)12/h2-4,6,8,13-14H,1,5,7H2. The summed E-state index contributed by atoms with van der Waals surface area (Å²) in [5.41, 5.74) is 1.09. The van der Waals surface area contributed by atoms with Crippen LogP contribution in [-0.4, -0.2) is 21.4 Å². The summed E-state index contributed by atoms with van der Waals surface area (Å²) >= 11 is 0. The Balaban J connectivity index is 2.37. The molecular formula is C11H13NO2. The average molecular weight is 191 g/mol. The van der Waals surface area contributed by atoms with Crippen LogP contribution in [0.1, 0.15) is 6.42 Å². The molecule has 0 aliphatic heterocycles. The van der Waals surface area contributed by atoms with Gasteiger partial charge in [-0.15, -0.1) is 0 Å². The van der Waals surface area contributed by atoms with Crippen molar-refractivity contribution in [1.29, 1.82) is 0 Å². The molecule has 0 aliphatic rings. The van der Waals surface area contributed by atoms with Crippen molar-refractivity contribution in [3.63, 3.8) is 0 Å². The van der Waals surface area contributed by atoms with E-state index in [1.807, 2.05) is 18.3 Å². The Hall–Kier alpha value is -1.48. The summed E-state index contributed by atoms with van der Waals surface area (Å²) in [4.78, 5) is 0. The monoisotopic (exact) mass is 191 g/mol. The van der Waals surface area contributed by atoms with Crippen molar-refractivity contribution in [3.05, 3.63) is 30.5 Å². The minimum atomic E-state index is 0.206. The molecule has 0 radical (unpaired) electrons. The van der Waals surface area contributed by atoms with Crippen molar-refractivity contribution in [1.82, 2.24) is 4.57 Å². The molecule has 0 saturated carbocycles. The lowest BCUT2D eigenvalue weighted by Gasteiger charge is -2.03. The summed E-state index contributed by atoms with van der Waals surface area (Å²) in [6, 6.07) is 7.27. The molecule has 0 unspecified atom stereocenters. The van der Waals surface area contributed by atoms with Crippen LogP contribution in [0.15, 0.2) is 30.5 Å². The number of hydrogen-bond acceptors (Lipinski definition) is 2. The number of benzene rings is 1. The van der Waals surface area contributed by atoms with Gasteiger partial charge in [0.05, 0.1) is 0 Å². The van der Waals surface area contributed by atoms with Gasteiger partial charge in [0.2, 0.25) is 0 Å². The second-order valence-electron chi connectivity index (χ2n) is 3.33. The summed E-state index contributed by atoms with van der Waals surface area (Å²) in [7, 11) is 0. The molecule has 2 N–H and O–H groups in total. The zero-order chi connectivity index (χ0) is 9.97. The zero-order valence-corrected chi connectivity index (χ0v) is 7.85. The fourth-order valence-corrected chi connectivity index (χ4v) is 1.62. The van der Waals surface area contributed by atoms with E-state index in [1.165, 1.54) is 0 Å². The number of aromatic hydroxyl groups is 1. The SMILES string of the molecule is OCCCn1ccc2cc(O)ccc21. The van der Waals surface area contributed by atoms with Crippen LogP contribution in [0, 0.1) is 0 Å². The van der Waals surface area contributed by atoms with Gasteiger partial charge < -0.3 is 14.8 Å². The summed E-state index contributed by atoms with van der Waals surface area (Å²) in [5.74, 6) is 0.289. The van der Waals surface area contributed by atoms with Gasteiger partial charge in [-0.05, 0) is 30.7 Å². The van der Waals surface area contributed by atoms with Gasteiger partial charge in [-0.3, -0.25) is 0 Å². The van der Waals surface area contributed by atoms with Gasteiger partial charge in [0, 0.05) is 30.3 Å². The Labute approximate surface area is 82.2 Å². The first-order valence-electron chi connectivity index (χ1n) is 4.70. The number of hydrogen-bond donors (Lipinski definition) is 2. The van der Waals surface area contributed by atoms with Crippen molar-refractivity contribution in [2.24, 2.45) is 0 Å². The van der Waals surface area contributed by atoms with Crippen molar-refractivity contribution in [2.45, 2.75) is 13.0 Å². The topological polar surface area (TPSA) is 45.4 Å². The lowest BCUT2D eigenvalue weighted by molar-refractivity contribution is 0.280. The Kier molecular flexibility index (Phi) is 2.41. The van der Waals surface area contributed by atoms with Crippen LogP contribution in [0.3, 0.4) is 0 Å².